The van der Waals surface area contributed by atoms with Gasteiger partial charge in [0.05, 0.1) is 4.75 Å². The van der Waals surface area contributed by atoms with Crippen LogP contribution < -0.4 is 4.90 Å². The summed E-state index contributed by atoms with van der Waals surface area (Å²) in [6.07, 6.45) is 2.23. The van der Waals surface area contributed by atoms with Crippen LogP contribution in [-0.4, -0.2) is 36.4 Å². The molecule has 0 amide bonds. The molecule has 102 valence electrons. The van der Waals surface area contributed by atoms with Crippen molar-refractivity contribution in [2.75, 3.05) is 18.0 Å². The molecule has 0 spiro atoms. The van der Waals surface area contributed by atoms with Gasteiger partial charge in [-0.2, -0.15) is 4.98 Å². The zero-order valence-corrected chi connectivity index (χ0v) is 11.8. The van der Waals surface area contributed by atoms with Crippen molar-refractivity contribution in [3.8, 4) is 0 Å². The van der Waals surface area contributed by atoms with Crippen molar-refractivity contribution in [1.29, 1.82) is 0 Å². The molecule has 0 aromatic carbocycles. The average molecular weight is 273 g/mol. The zero-order valence-electron chi connectivity index (χ0n) is 11.0. The number of sulfone groups is 1. The van der Waals surface area contributed by atoms with Crippen LogP contribution in [0.25, 0.3) is 0 Å². The average Bonchev–Trinajstić information content (AvgIpc) is 2.83. The fourth-order valence-corrected chi connectivity index (χ4v) is 2.60. The molecule has 0 bridgehead atoms. The summed E-state index contributed by atoms with van der Waals surface area (Å²) in [5, 5.41) is 3.84. The van der Waals surface area contributed by atoms with E-state index in [4.69, 9.17) is 4.52 Å². The second-order valence-electron chi connectivity index (χ2n) is 5.55. The van der Waals surface area contributed by atoms with E-state index in [1.807, 2.05) is 4.90 Å². The van der Waals surface area contributed by atoms with E-state index in [-0.39, 0.29) is 11.6 Å². The Labute approximate surface area is 107 Å². The molecule has 1 fully saturated rings. The van der Waals surface area contributed by atoms with Crippen molar-refractivity contribution in [2.45, 2.75) is 44.1 Å². The van der Waals surface area contributed by atoms with Gasteiger partial charge in [0.15, 0.2) is 9.84 Å². The lowest BCUT2D eigenvalue weighted by molar-refractivity contribution is 0.387. The lowest BCUT2D eigenvalue weighted by Gasteiger charge is -2.17. The van der Waals surface area contributed by atoms with Crippen LogP contribution in [0, 0.1) is 0 Å². The maximum absolute atomic E-state index is 12.0. The molecule has 0 unspecified atom stereocenters. The van der Waals surface area contributed by atoms with E-state index in [1.54, 1.807) is 20.8 Å². The third-order valence-electron chi connectivity index (χ3n) is 3.09. The van der Waals surface area contributed by atoms with E-state index < -0.39 is 14.6 Å². The van der Waals surface area contributed by atoms with Crippen LogP contribution in [0.15, 0.2) is 4.52 Å². The van der Waals surface area contributed by atoms with Crippen LogP contribution >= 0.6 is 0 Å². The molecular weight excluding hydrogens is 254 g/mol. The Morgan fingerprint density at radius 2 is 1.89 bits per heavy atom. The van der Waals surface area contributed by atoms with Gasteiger partial charge in [-0.1, -0.05) is 0 Å². The number of hydrogen-bond donors (Lipinski definition) is 0. The van der Waals surface area contributed by atoms with Gasteiger partial charge in [0, 0.05) is 13.1 Å². The van der Waals surface area contributed by atoms with Crippen LogP contribution in [-0.2, 0) is 15.6 Å². The van der Waals surface area contributed by atoms with E-state index in [9.17, 15) is 8.42 Å². The Morgan fingerprint density at radius 1 is 1.28 bits per heavy atom. The number of aromatic nitrogens is 2. The highest BCUT2D eigenvalue weighted by Crippen LogP contribution is 2.22. The number of anilines is 1. The van der Waals surface area contributed by atoms with Crippen molar-refractivity contribution in [3.63, 3.8) is 0 Å². The smallest absolute Gasteiger partial charge is 0.266 e. The van der Waals surface area contributed by atoms with Crippen molar-refractivity contribution in [3.05, 3.63) is 5.89 Å². The number of nitrogens with zero attached hydrogens (tertiary/aromatic N) is 3. The first kappa shape index (κ1) is 13.3. The Kier molecular flexibility index (Phi) is 3.35. The number of rotatable bonds is 3. The molecule has 2 rings (SSSR count). The van der Waals surface area contributed by atoms with Crippen molar-refractivity contribution < 1.29 is 12.9 Å². The predicted octanol–water partition coefficient (Wildman–Crippen LogP) is 1.38. The third kappa shape index (κ3) is 2.66. The molecule has 1 aliphatic rings. The molecular formula is C11H19N3O3S. The van der Waals surface area contributed by atoms with Gasteiger partial charge in [0.1, 0.15) is 5.75 Å². The molecule has 18 heavy (non-hydrogen) atoms. The Hall–Kier alpha value is -1.11. The van der Waals surface area contributed by atoms with Gasteiger partial charge in [0.2, 0.25) is 5.89 Å². The summed E-state index contributed by atoms with van der Waals surface area (Å²) in [5.74, 6) is 0.482. The third-order valence-corrected chi connectivity index (χ3v) is 5.59. The summed E-state index contributed by atoms with van der Waals surface area (Å²) in [5.41, 5.74) is 0. The molecule has 1 saturated heterocycles. The molecule has 7 heteroatoms. The van der Waals surface area contributed by atoms with Gasteiger partial charge in [-0.3, -0.25) is 0 Å². The highest BCUT2D eigenvalue weighted by molar-refractivity contribution is 7.91. The Balaban J connectivity index is 2.12. The lowest BCUT2D eigenvalue weighted by Crippen LogP contribution is -2.29. The summed E-state index contributed by atoms with van der Waals surface area (Å²) in [6, 6.07) is 0. The molecule has 1 aliphatic heterocycles. The first-order valence-electron chi connectivity index (χ1n) is 6.09. The first-order chi connectivity index (χ1) is 8.29. The number of hydrogen-bond acceptors (Lipinski definition) is 6. The Bertz CT molecular complexity index is 510. The van der Waals surface area contributed by atoms with Crippen molar-refractivity contribution in [1.82, 2.24) is 10.1 Å². The summed E-state index contributed by atoms with van der Waals surface area (Å²) in [4.78, 5) is 6.17. The van der Waals surface area contributed by atoms with Crippen LogP contribution in [0.2, 0.25) is 0 Å². The molecule has 1 aromatic rings. The van der Waals surface area contributed by atoms with Crippen molar-refractivity contribution in [2.24, 2.45) is 0 Å². The molecule has 0 atom stereocenters. The minimum absolute atomic E-state index is 0.173. The van der Waals surface area contributed by atoms with Gasteiger partial charge in [-0.05, 0) is 38.8 Å². The van der Waals surface area contributed by atoms with E-state index >= 15 is 0 Å². The van der Waals surface area contributed by atoms with Gasteiger partial charge >= 0.3 is 0 Å². The maximum atomic E-state index is 12.0. The lowest BCUT2D eigenvalue weighted by atomic mass is 10.3. The molecule has 1 aromatic heterocycles. The van der Waals surface area contributed by atoms with Crippen molar-refractivity contribution >= 4 is 15.8 Å². The molecule has 0 radical (unpaired) electrons. The second kappa shape index (κ2) is 4.53. The highest BCUT2D eigenvalue weighted by Gasteiger charge is 2.31. The molecule has 0 N–H and O–H groups in total. The highest BCUT2D eigenvalue weighted by atomic mass is 32.2. The first-order valence-corrected chi connectivity index (χ1v) is 7.75. The summed E-state index contributed by atoms with van der Waals surface area (Å²) in [6.45, 7) is 6.82. The Morgan fingerprint density at radius 3 is 2.44 bits per heavy atom. The molecule has 0 aliphatic carbocycles. The topological polar surface area (TPSA) is 76.3 Å². The largest absolute Gasteiger partial charge is 0.338 e. The van der Waals surface area contributed by atoms with Crippen LogP contribution in [0.5, 0.6) is 0 Å². The van der Waals surface area contributed by atoms with E-state index in [0.29, 0.717) is 5.95 Å². The monoisotopic (exact) mass is 273 g/mol. The minimum atomic E-state index is -3.28. The van der Waals surface area contributed by atoms with Crippen LogP contribution in [0.1, 0.15) is 39.5 Å². The molecule has 6 nitrogen and oxygen atoms in total. The quantitative estimate of drug-likeness (QED) is 0.828. The van der Waals surface area contributed by atoms with E-state index in [2.05, 4.69) is 10.1 Å². The second-order valence-corrected chi connectivity index (χ2v) is 8.30. The zero-order chi connectivity index (χ0) is 13.4. The molecule has 2 heterocycles. The van der Waals surface area contributed by atoms with Gasteiger partial charge < -0.3 is 9.42 Å². The van der Waals surface area contributed by atoms with E-state index in [0.717, 1.165) is 25.9 Å². The maximum Gasteiger partial charge on any atom is 0.266 e. The predicted molar refractivity (Wildman–Crippen MR) is 68.1 cm³/mol. The van der Waals surface area contributed by atoms with Crippen LogP contribution in [0.3, 0.4) is 0 Å². The standard InChI is InChI=1S/C11H19N3O3S/c1-11(2,3)18(15,16)8-9-12-10(13-17-9)14-6-4-5-7-14/h4-8H2,1-3H3. The fourth-order valence-electron chi connectivity index (χ4n) is 1.73. The summed E-state index contributed by atoms with van der Waals surface area (Å²) in [7, 11) is -3.28. The van der Waals surface area contributed by atoms with Gasteiger partial charge in [-0.15, -0.1) is 0 Å². The SMILES string of the molecule is CC(C)(C)S(=O)(=O)Cc1nc(N2CCCC2)no1. The van der Waals surface area contributed by atoms with E-state index in [1.165, 1.54) is 0 Å². The normalized spacial score (nSPS) is 17.4. The molecule has 0 saturated carbocycles. The summed E-state index contributed by atoms with van der Waals surface area (Å²) < 4.78 is 28.2. The summed E-state index contributed by atoms with van der Waals surface area (Å²) >= 11 is 0. The fraction of sp³-hybridized carbons (Fsp3) is 0.818. The van der Waals surface area contributed by atoms with Gasteiger partial charge in [0.25, 0.3) is 5.95 Å². The minimum Gasteiger partial charge on any atom is -0.338 e. The van der Waals surface area contributed by atoms with Gasteiger partial charge in [-0.25, -0.2) is 8.42 Å². The van der Waals surface area contributed by atoms with Crippen LogP contribution in [0.4, 0.5) is 5.95 Å².